The van der Waals surface area contributed by atoms with Gasteiger partial charge in [-0.3, -0.25) is 0 Å². The summed E-state index contributed by atoms with van der Waals surface area (Å²) in [6.07, 6.45) is 2.60. The molecule has 1 saturated heterocycles. The summed E-state index contributed by atoms with van der Waals surface area (Å²) in [6, 6.07) is 2.49. The van der Waals surface area contributed by atoms with Crippen molar-refractivity contribution in [2.24, 2.45) is 5.92 Å². The molecule has 0 saturated carbocycles. The summed E-state index contributed by atoms with van der Waals surface area (Å²) in [5.74, 6) is 0.129. The fourth-order valence-electron chi connectivity index (χ4n) is 4.05. The van der Waals surface area contributed by atoms with Gasteiger partial charge < -0.3 is 14.6 Å². The summed E-state index contributed by atoms with van der Waals surface area (Å²) in [6.45, 7) is 2.15. The van der Waals surface area contributed by atoms with Gasteiger partial charge in [0, 0.05) is 26.1 Å². The molecule has 0 radical (unpaired) electrons. The second kappa shape index (κ2) is 5.72. The minimum Gasteiger partial charge on any atom is -0.383 e. The molecule has 1 N–H and O–H groups in total. The van der Waals surface area contributed by atoms with E-state index in [1.807, 2.05) is 9.47 Å². The molecule has 0 amide bonds. The number of halogens is 3. The van der Waals surface area contributed by atoms with Crippen molar-refractivity contribution < 1.29 is 18.3 Å². The molecule has 4 heterocycles. The number of rotatable bonds is 2. The molecular weight excluding hydrogens is 333 g/mol. The molecule has 0 aromatic carbocycles. The Bertz CT molecular complexity index is 750. The smallest absolute Gasteiger partial charge is 0.383 e. The zero-order valence-electron chi connectivity index (χ0n) is 13.6. The first-order chi connectivity index (χ1) is 11.9. The third kappa shape index (κ3) is 2.78. The largest absolute Gasteiger partial charge is 0.433 e. The van der Waals surface area contributed by atoms with Crippen LogP contribution in [0.25, 0.3) is 0 Å². The number of anilines is 1. The van der Waals surface area contributed by atoms with Gasteiger partial charge in [-0.1, -0.05) is 0 Å². The third-order valence-corrected chi connectivity index (χ3v) is 5.46. The Morgan fingerprint density at radius 2 is 1.88 bits per heavy atom. The van der Waals surface area contributed by atoms with E-state index in [1.54, 1.807) is 12.5 Å². The molecule has 25 heavy (non-hydrogen) atoms. The number of hydrogen-bond donors (Lipinski definition) is 1. The van der Waals surface area contributed by atoms with E-state index in [0.717, 1.165) is 31.1 Å². The number of hydrogen-bond acceptors (Lipinski definition) is 4. The first-order valence-electron chi connectivity index (χ1n) is 8.39. The Morgan fingerprint density at radius 1 is 1.12 bits per heavy atom. The molecule has 0 spiro atoms. The van der Waals surface area contributed by atoms with Gasteiger partial charge in [-0.05, 0) is 30.9 Å². The molecule has 2 aliphatic rings. The predicted octanol–water partition coefficient (Wildman–Crippen LogP) is 2.80. The van der Waals surface area contributed by atoms with Gasteiger partial charge in [-0.25, -0.2) is 9.97 Å². The molecule has 2 aliphatic heterocycles. The average Bonchev–Trinajstić information content (AvgIpc) is 3.19. The third-order valence-electron chi connectivity index (χ3n) is 5.46. The first-order valence-corrected chi connectivity index (χ1v) is 8.39. The lowest BCUT2D eigenvalue weighted by molar-refractivity contribution is -0.141. The lowest BCUT2D eigenvalue weighted by atomic mass is 9.78. The lowest BCUT2D eigenvalue weighted by Crippen LogP contribution is -2.42. The highest BCUT2D eigenvalue weighted by atomic mass is 19.4. The van der Waals surface area contributed by atoms with Crippen molar-refractivity contribution in [2.45, 2.75) is 37.6 Å². The van der Waals surface area contributed by atoms with Crippen LogP contribution in [-0.2, 0) is 18.3 Å². The van der Waals surface area contributed by atoms with Gasteiger partial charge in [-0.2, -0.15) is 13.2 Å². The van der Waals surface area contributed by atoms with E-state index in [2.05, 4.69) is 9.97 Å². The monoisotopic (exact) mass is 352 g/mol. The van der Waals surface area contributed by atoms with Gasteiger partial charge >= 0.3 is 6.18 Å². The Kier molecular flexibility index (Phi) is 3.75. The number of aromatic nitrogens is 3. The zero-order valence-corrected chi connectivity index (χ0v) is 13.6. The second-order valence-electron chi connectivity index (χ2n) is 6.81. The topological polar surface area (TPSA) is 54.2 Å². The van der Waals surface area contributed by atoms with E-state index in [4.69, 9.17) is 0 Å². The van der Waals surface area contributed by atoms with Gasteiger partial charge in [0.1, 0.15) is 11.3 Å². The van der Waals surface area contributed by atoms with Gasteiger partial charge in [0.15, 0.2) is 0 Å². The van der Waals surface area contributed by atoms with Gasteiger partial charge in [0.25, 0.3) is 0 Å². The summed E-state index contributed by atoms with van der Waals surface area (Å²) in [7, 11) is 0. The van der Waals surface area contributed by atoms with Crippen LogP contribution in [0.5, 0.6) is 0 Å². The van der Waals surface area contributed by atoms with Crippen molar-refractivity contribution in [1.82, 2.24) is 14.5 Å². The SMILES string of the molecule is OC1(C2CCN(c3ccc(C(F)(F)F)nc3)CC2)CCn2cncc21. The maximum atomic E-state index is 12.6. The van der Waals surface area contributed by atoms with Crippen LogP contribution in [-0.4, -0.2) is 32.7 Å². The fraction of sp³-hybridized carbons (Fsp3) is 0.529. The van der Waals surface area contributed by atoms with Crippen molar-refractivity contribution in [3.8, 4) is 0 Å². The van der Waals surface area contributed by atoms with Crippen LogP contribution in [0, 0.1) is 5.92 Å². The normalized spacial score (nSPS) is 24.6. The number of alkyl halides is 3. The van der Waals surface area contributed by atoms with Crippen LogP contribution < -0.4 is 4.90 Å². The number of fused-ring (bicyclic) bond motifs is 1. The predicted molar refractivity (Wildman–Crippen MR) is 84.9 cm³/mol. The van der Waals surface area contributed by atoms with E-state index >= 15 is 0 Å². The summed E-state index contributed by atoms with van der Waals surface area (Å²) >= 11 is 0. The summed E-state index contributed by atoms with van der Waals surface area (Å²) in [4.78, 5) is 9.67. The maximum Gasteiger partial charge on any atom is 0.433 e. The molecule has 1 unspecified atom stereocenters. The van der Waals surface area contributed by atoms with Crippen molar-refractivity contribution in [3.63, 3.8) is 0 Å². The van der Waals surface area contributed by atoms with Gasteiger partial charge in [0.2, 0.25) is 0 Å². The van der Waals surface area contributed by atoms with Crippen molar-refractivity contribution in [1.29, 1.82) is 0 Å². The average molecular weight is 352 g/mol. The van der Waals surface area contributed by atoms with Gasteiger partial charge in [-0.15, -0.1) is 0 Å². The molecule has 2 aromatic rings. The van der Waals surface area contributed by atoms with Crippen molar-refractivity contribution >= 4 is 5.69 Å². The lowest BCUT2D eigenvalue weighted by Gasteiger charge is -2.40. The molecule has 4 rings (SSSR count). The number of aliphatic hydroxyl groups is 1. The molecule has 134 valence electrons. The first kappa shape index (κ1) is 16.4. The molecule has 8 heteroatoms. The zero-order chi connectivity index (χ0) is 17.7. The van der Waals surface area contributed by atoms with E-state index in [1.165, 1.54) is 12.3 Å². The van der Waals surface area contributed by atoms with Crippen LogP contribution in [0.3, 0.4) is 0 Å². The Hall–Kier alpha value is -2.09. The summed E-state index contributed by atoms with van der Waals surface area (Å²) in [5.41, 5.74) is -0.155. The van der Waals surface area contributed by atoms with E-state index in [0.29, 0.717) is 25.2 Å². The molecule has 1 atom stereocenters. The molecule has 1 fully saturated rings. The molecule has 0 bridgehead atoms. The maximum absolute atomic E-state index is 12.6. The van der Waals surface area contributed by atoms with Crippen molar-refractivity contribution in [3.05, 3.63) is 42.2 Å². The van der Waals surface area contributed by atoms with E-state index in [9.17, 15) is 18.3 Å². The standard InChI is InChI=1S/C17H19F3N4O/c18-17(19,20)14-2-1-13(9-22-14)23-6-3-12(4-7-23)16(25)5-8-24-11-21-10-15(16)24/h1-2,9-12,25H,3-8H2. The Morgan fingerprint density at radius 3 is 2.52 bits per heavy atom. The molecule has 0 aliphatic carbocycles. The summed E-state index contributed by atoms with van der Waals surface area (Å²) in [5, 5.41) is 11.1. The summed E-state index contributed by atoms with van der Waals surface area (Å²) < 4.78 is 39.8. The second-order valence-corrected chi connectivity index (χ2v) is 6.81. The number of pyridine rings is 1. The van der Waals surface area contributed by atoms with Crippen molar-refractivity contribution in [2.75, 3.05) is 18.0 Å². The number of aryl methyl sites for hydroxylation is 1. The quantitative estimate of drug-likeness (QED) is 0.903. The van der Waals surface area contributed by atoms with Crippen LogP contribution in [0.15, 0.2) is 30.9 Å². The molecule has 5 nitrogen and oxygen atoms in total. The Balaban J connectivity index is 1.44. The highest BCUT2D eigenvalue weighted by Crippen LogP contribution is 2.43. The molecule has 2 aromatic heterocycles. The van der Waals surface area contributed by atoms with Gasteiger partial charge in [0.05, 0.1) is 30.1 Å². The molecular formula is C17H19F3N4O. The number of nitrogens with zero attached hydrogens (tertiary/aromatic N) is 4. The number of piperidine rings is 1. The van der Waals surface area contributed by atoms with E-state index in [-0.39, 0.29) is 5.92 Å². The van der Waals surface area contributed by atoms with Crippen LogP contribution in [0.2, 0.25) is 0 Å². The van der Waals surface area contributed by atoms with Crippen LogP contribution in [0.4, 0.5) is 18.9 Å². The highest BCUT2D eigenvalue weighted by Gasteiger charge is 2.45. The number of imidazole rings is 1. The fourth-order valence-corrected chi connectivity index (χ4v) is 4.05. The van der Waals surface area contributed by atoms with Crippen LogP contribution in [0.1, 0.15) is 30.7 Å². The minimum atomic E-state index is -4.42. The Labute approximate surface area is 143 Å². The minimum absolute atomic E-state index is 0.129. The van der Waals surface area contributed by atoms with Crippen LogP contribution >= 0.6 is 0 Å². The highest BCUT2D eigenvalue weighted by molar-refractivity contribution is 5.45. The van der Waals surface area contributed by atoms with E-state index < -0.39 is 17.5 Å².